The minimum Gasteiger partial charge on any atom is -0.390 e. The molecule has 0 aromatic carbocycles. The number of carbonyl (C=O) groups is 2. The van der Waals surface area contributed by atoms with Crippen molar-refractivity contribution in [2.24, 2.45) is 22.7 Å². The lowest BCUT2D eigenvalue weighted by Gasteiger charge is -2.63. The van der Waals surface area contributed by atoms with Crippen LogP contribution >= 0.6 is 11.6 Å². The minimum atomic E-state index is -1.86. The average Bonchev–Trinajstić information content (AvgIpc) is 3.09. The summed E-state index contributed by atoms with van der Waals surface area (Å²) in [6, 6.07) is 0. The van der Waals surface area contributed by atoms with E-state index in [0.29, 0.717) is 32.1 Å². The van der Waals surface area contributed by atoms with Gasteiger partial charge >= 0.3 is 0 Å². The Morgan fingerprint density at radius 3 is 2.65 bits per heavy atom. The molecule has 0 spiro atoms. The fraction of sp³-hybridized carbons (Fsp3) is 0.833. The number of rotatable bonds is 2. The Bertz CT molecular complexity index is 887. The number of Topliss-reactive ketones (excluding diaryl/α,β-unsaturated/α-hetero) is 1. The van der Waals surface area contributed by atoms with Crippen molar-refractivity contribution in [1.29, 1.82) is 0 Å². The van der Waals surface area contributed by atoms with Gasteiger partial charge < -0.3 is 14.6 Å². The third-order valence-corrected chi connectivity index (χ3v) is 9.81. The maximum absolute atomic E-state index is 17.2. The van der Waals surface area contributed by atoms with Crippen LogP contribution in [-0.4, -0.2) is 51.8 Å². The first-order valence-corrected chi connectivity index (χ1v) is 12.0. The van der Waals surface area contributed by atoms with Crippen LogP contribution in [0.3, 0.4) is 0 Å². The van der Waals surface area contributed by atoms with Gasteiger partial charge in [0, 0.05) is 23.2 Å². The van der Waals surface area contributed by atoms with Gasteiger partial charge in [-0.15, -0.1) is 11.6 Å². The molecule has 172 valence electrons. The second kappa shape index (κ2) is 6.40. The first kappa shape index (κ1) is 22.0. The van der Waals surface area contributed by atoms with Crippen molar-refractivity contribution in [3.63, 3.8) is 0 Å². The van der Waals surface area contributed by atoms with Gasteiger partial charge in [-0.25, -0.2) is 4.39 Å². The highest BCUT2D eigenvalue weighted by molar-refractivity contribution is 6.29. The molecule has 4 aliphatic carbocycles. The number of aliphatic hydroxyl groups is 1. The number of fused-ring (bicyclic) bond motifs is 7. The van der Waals surface area contributed by atoms with Crippen LogP contribution in [0, 0.1) is 22.7 Å². The number of allylic oxidation sites excluding steroid dienone is 1. The van der Waals surface area contributed by atoms with Crippen molar-refractivity contribution in [3.05, 3.63) is 11.6 Å². The largest absolute Gasteiger partial charge is 0.390 e. The second-order valence-electron chi connectivity index (χ2n) is 11.3. The molecule has 3 saturated carbocycles. The summed E-state index contributed by atoms with van der Waals surface area (Å²) in [6.07, 6.45) is 2.28. The molecule has 0 aromatic heterocycles. The van der Waals surface area contributed by atoms with Crippen molar-refractivity contribution >= 4 is 23.2 Å². The van der Waals surface area contributed by atoms with Crippen LogP contribution in [-0.2, 0) is 19.1 Å². The van der Waals surface area contributed by atoms with E-state index < -0.39 is 46.0 Å². The zero-order valence-corrected chi connectivity index (χ0v) is 19.4. The number of halogens is 2. The Morgan fingerprint density at radius 2 is 1.97 bits per heavy atom. The number of aliphatic hydroxyl groups excluding tert-OH is 1. The van der Waals surface area contributed by atoms with E-state index >= 15 is 4.39 Å². The van der Waals surface area contributed by atoms with Crippen LogP contribution in [0.1, 0.15) is 66.2 Å². The van der Waals surface area contributed by atoms with Gasteiger partial charge in [0.15, 0.2) is 23.0 Å². The maximum atomic E-state index is 17.2. The van der Waals surface area contributed by atoms with Gasteiger partial charge in [0.05, 0.1) is 18.1 Å². The Kier molecular flexibility index (Phi) is 4.54. The van der Waals surface area contributed by atoms with Gasteiger partial charge in [-0.2, -0.15) is 0 Å². The Labute approximate surface area is 187 Å². The lowest BCUT2D eigenvalue weighted by atomic mass is 9.44. The molecule has 4 fully saturated rings. The van der Waals surface area contributed by atoms with E-state index in [0.717, 1.165) is 5.57 Å². The summed E-state index contributed by atoms with van der Waals surface area (Å²) in [4.78, 5) is 25.3. The molecule has 0 aromatic rings. The van der Waals surface area contributed by atoms with Crippen molar-refractivity contribution in [2.45, 2.75) is 95.5 Å². The first-order valence-electron chi connectivity index (χ1n) is 11.4. The van der Waals surface area contributed by atoms with Gasteiger partial charge in [0.2, 0.25) is 0 Å². The van der Waals surface area contributed by atoms with Crippen LogP contribution in [0.5, 0.6) is 0 Å². The topological polar surface area (TPSA) is 72.8 Å². The number of hydrogen-bond acceptors (Lipinski definition) is 5. The maximum Gasteiger partial charge on any atom is 0.182 e. The molecule has 5 rings (SSSR count). The van der Waals surface area contributed by atoms with E-state index in [1.54, 1.807) is 19.9 Å². The molecule has 5 nitrogen and oxygen atoms in total. The number of ether oxygens (including phenoxy) is 2. The molecule has 0 unspecified atom stereocenters. The molecule has 8 atom stereocenters. The van der Waals surface area contributed by atoms with Crippen LogP contribution < -0.4 is 0 Å². The van der Waals surface area contributed by atoms with Crippen LogP contribution in [0.4, 0.5) is 4.39 Å². The summed E-state index contributed by atoms with van der Waals surface area (Å²) in [6.45, 7) is 7.38. The Balaban J connectivity index is 1.63. The van der Waals surface area contributed by atoms with E-state index in [1.165, 1.54) is 0 Å². The van der Waals surface area contributed by atoms with Crippen LogP contribution in [0.25, 0.3) is 0 Å². The zero-order chi connectivity index (χ0) is 22.6. The summed E-state index contributed by atoms with van der Waals surface area (Å²) in [5.41, 5.74) is -4.00. The summed E-state index contributed by atoms with van der Waals surface area (Å²) < 4.78 is 29.7. The number of ketones is 2. The third kappa shape index (κ3) is 2.43. The van der Waals surface area contributed by atoms with E-state index in [4.69, 9.17) is 21.1 Å². The lowest BCUT2D eigenvalue weighted by Crippen LogP contribution is -2.70. The fourth-order valence-corrected chi connectivity index (χ4v) is 8.47. The van der Waals surface area contributed by atoms with Gasteiger partial charge in [-0.1, -0.05) is 19.4 Å². The predicted molar refractivity (Wildman–Crippen MR) is 112 cm³/mol. The van der Waals surface area contributed by atoms with E-state index in [9.17, 15) is 14.7 Å². The minimum absolute atomic E-state index is 0.0377. The summed E-state index contributed by atoms with van der Waals surface area (Å²) in [7, 11) is 0. The first-order chi connectivity index (χ1) is 14.4. The van der Waals surface area contributed by atoms with Gasteiger partial charge in [0.1, 0.15) is 5.67 Å². The summed E-state index contributed by atoms with van der Waals surface area (Å²) in [5, 5.41) is 11.4. The molecule has 1 aliphatic heterocycles. The fourth-order valence-electron chi connectivity index (χ4n) is 8.27. The molecule has 0 amide bonds. The van der Waals surface area contributed by atoms with E-state index in [1.807, 2.05) is 13.8 Å². The molecule has 0 radical (unpaired) electrons. The standard InChI is InChI=1S/C24H32ClFO5/c1-20(2)30-19-10-16-15-6-5-13-9-14(27)7-8-21(13,3)23(15,26)17(28)11-22(16,4)24(19,31-20)18(29)12-25/h9,15-17,19,28H,5-8,10-12H2,1-4H3/t15-,16-,17-,19+,21-,22+,23-,24+/m0/s1. The third-order valence-electron chi connectivity index (χ3n) is 9.57. The monoisotopic (exact) mass is 454 g/mol. The molecule has 5 aliphatic rings. The average molecular weight is 455 g/mol. The normalized spacial score (nSPS) is 52.6. The second-order valence-corrected chi connectivity index (χ2v) is 11.5. The van der Waals surface area contributed by atoms with Crippen molar-refractivity contribution in [2.75, 3.05) is 5.88 Å². The number of carbonyl (C=O) groups excluding carboxylic acids is 2. The van der Waals surface area contributed by atoms with Crippen LogP contribution in [0.15, 0.2) is 11.6 Å². The summed E-state index contributed by atoms with van der Waals surface area (Å²) in [5.74, 6) is -2.02. The quantitative estimate of drug-likeness (QED) is 0.641. The van der Waals surface area contributed by atoms with Crippen molar-refractivity contribution in [3.8, 4) is 0 Å². The molecular formula is C24H32ClFO5. The molecule has 7 heteroatoms. The Hall–Kier alpha value is -0.820. The lowest BCUT2D eigenvalue weighted by molar-refractivity contribution is -0.250. The molecule has 0 bridgehead atoms. The molecule has 1 saturated heterocycles. The highest BCUT2D eigenvalue weighted by Crippen LogP contribution is 2.72. The molecule has 31 heavy (non-hydrogen) atoms. The number of hydrogen-bond donors (Lipinski definition) is 1. The Morgan fingerprint density at radius 1 is 1.26 bits per heavy atom. The van der Waals surface area contributed by atoms with Gasteiger partial charge in [-0.05, 0) is 57.9 Å². The summed E-state index contributed by atoms with van der Waals surface area (Å²) >= 11 is 6.05. The molecule has 1 heterocycles. The zero-order valence-electron chi connectivity index (χ0n) is 18.7. The van der Waals surface area contributed by atoms with E-state index in [2.05, 4.69) is 0 Å². The highest BCUT2D eigenvalue weighted by atomic mass is 35.5. The van der Waals surface area contributed by atoms with E-state index in [-0.39, 0.29) is 29.8 Å². The van der Waals surface area contributed by atoms with Crippen LogP contribution in [0.2, 0.25) is 0 Å². The van der Waals surface area contributed by atoms with Gasteiger partial charge in [-0.3, -0.25) is 9.59 Å². The smallest absolute Gasteiger partial charge is 0.182 e. The molecule has 1 N–H and O–H groups in total. The predicted octanol–water partition coefficient (Wildman–Crippen LogP) is 3.89. The number of alkyl halides is 2. The molecular weight excluding hydrogens is 423 g/mol. The van der Waals surface area contributed by atoms with Crippen molar-refractivity contribution in [1.82, 2.24) is 0 Å². The van der Waals surface area contributed by atoms with Gasteiger partial charge in [0.25, 0.3) is 0 Å². The SMILES string of the molecule is CC1(C)O[C@@H]2C[C@H]3[C@@H]4CCC5=CC(=O)CC[C@]5(C)[C@@]4(F)[C@@H](O)C[C@@]3(C)[C@]2(C(=O)CCl)O1. The highest BCUT2D eigenvalue weighted by Gasteiger charge is 2.80. The van der Waals surface area contributed by atoms with Crippen molar-refractivity contribution < 1.29 is 28.6 Å².